The van der Waals surface area contributed by atoms with E-state index in [1.807, 2.05) is 13.8 Å². The van der Waals surface area contributed by atoms with E-state index in [-0.39, 0.29) is 5.41 Å². The van der Waals surface area contributed by atoms with E-state index >= 15 is 0 Å². The van der Waals surface area contributed by atoms with Crippen LogP contribution < -0.4 is 0 Å². The second kappa shape index (κ2) is 7.08. The molecule has 0 bridgehead atoms. The first-order chi connectivity index (χ1) is 8.42. The van der Waals surface area contributed by atoms with Crippen molar-refractivity contribution in [3.63, 3.8) is 0 Å². The number of Topliss-reactive ketones (excluding diaryl/α,β-unsaturated/α-hetero) is 1. The number of hydrogen-bond acceptors (Lipinski definition) is 1. The lowest BCUT2D eigenvalue weighted by atomic mass is 9.83. The predicted molar refractivity (Wildman–Crippen MR) is 80.8 cm³/mol. The van der Waals surface area contributed by atoms with Crippen LogP contribution in [0.15, 0.2) is 28.7 Å². The molecule has 0 amide bonds. The van der Waals surface area contributed by atoms with E-state index in [1.54, 1.807) is 6.92 Å². The van der Waals surface area contributed by atoms with Gasteiger partial charge in [0.25, 0.3) is 0 Å². The Balaban J connectivity index is 2.22. The third kappa shape index (κ3) is 5.34. The highest BCUT2D eigenvalue weighted by molar-refractivity contribution is 9.10. The van der Waals surface area contributed by atoms with Gasteiger partial charge in [0.05, 0.1) is 0 Å². The molecule has 0 heterocycles. The zero-order valence-electron chi connectivity index (χ0n) is 11.6. The van der Waals surface area contributed by atoms with Crippen molar-refractivity contribution in [2.45, 2.75) is 52.9 Å². The Morgan fingerprint density at radius 3 is 2.56 bits per heavy atom. The maximum Gasteiger partial charge on any atom is 0.135 e. The summed E-state index contributed by atoms with van der Waals surface area (Å²) in [6.07, 6.45) is 5.66. The van der Waals surface area contributed by atoms with Crippen molar-refractivity contribution >= 4 is 21.7 Å². The summed E-state index contributed by atoms with van der Waals surface area (Å²) in [5, 5.41) is 0. The third-order valence-corrected chi connectivity index (χ3v) is 4.10. The summed E-state index contributed by atoms with van der Waals surface area (Å²) in [4.78, 5) is 11.4. The highest BCUT2D eigenvalue weighted by atomic mass is 79.9. The fourth-order valence-electron chi connectivity index (χ4n) is 1.94. The summed E-state index contributed by atoms with van der Waals surface area (Å²) >= 11 is 3.49. The molecular formula is C16H23BrO. The van der Waals surface area contributed by atoms with Gasteiger partial charge in [-0.15, -0.1) is 0 Å². The molecule has 18 heavy (non-hydrogen) atoms. The molecule has 0 aliphatic carbocycles. The van der Waals surface area contributed by atoms with Gasteiger partial charge in [-0.3, -0.25) is 4.79 Å². The molecule has 0 saturated carbocycles. The third-order valence-electron chi connectivity index (χ3n) is 3.61. The van der Waals surface area contributed by atoms with Crippen LogP contribution in [0.1, 0.15) is 52.0 Å². The molecule has 0 unspecified atom stereocenters. The summed E-state index contributed by atoms with van der Waals surface area (Å²) in [6, 6.07) is 8.49. The molecular weight excluding hydrogens is 288 g/mol. The van der Waals surface area contributed by atoms with E-state index in [0.717, 1.165) is 23.7 Å². The van der Waals surface area contributed by atoms with Crippen LogP contribution in [-0.2, 0) is 11.2 Å². The van der Waals surface area contributed by atoms with Crippen molar-refractivity contribution in [1.82, 2.24) is 0 Å². The summed E-state index contributed by atoms with van der Waals surface area (Å²) in [7, 11) is 0. The standard InChI is InChI=1S/C16H23BrO/c1-13(18)16(2,3)11-6-4-5-8-14-9-7-10-15(17)12-14/h7,9-10,12H,4-6,8,11H2,1-3H3. The number of aryl methyl sites for hydroxylation is 1. The maximum atomic E-state index is 11.4. The average molecular weight is 311 g/mol. The largest absolute Gasteiger partial charge is 0.299 e. The minimum absolute atomic E-state index is 0.143. The normalized spacial score (nSPS) is 11.6. The fourth-order valence-corrected chi connectivity index (χ4v) is 2.39. The van der Waals surface area contributed by atoms with Crippen LogP contribution in [0.25, 0.3) is 0 Å². The molecule has 0 aliphatic rings. The Morgan fingerprint density at radius 1 is 1.22 bits per heavy atom. The smallest absolute Gasteiger partial charge is 0.135 e. The zero-order valence-corrected chi connectivity index (χ0v) is 13.2. The van der Waals surface area contributed by atoms with Gasteiger partial charge >= 0.3 is 0 Å². The Kier molecular flexibility index (Phi) is 6.07. The summed E-state index contributed by atoms with van der Waals surface area (Å²) in [5.41, 5.74) is 1.24. The molecule has 1 aromatic carbocycles. The van der Waals surface area contributed by atoms with E-state index in [4.69, 9.17) is 0 Å². The minimum atomic E-state index is -0.143. The lowest BCUT2D eigenvalue weighted by Gasteiger charge is -2.20. The number of ketones is 1. The number of halogens is 1. The maximum absolute atomic E-state index is 11.4. The molecule has 0 N–H and O–H groups in total. The minimum Gasteiger partial charge on any atom is -0.299 e. The average Bonchev–Trinajstić information content (AvgIpc) is 2.28. The lowest BCUT2D eigenvalue weighted by molar-refractivity contribution is -0.125. The van der Waals surface area contributed by atoms with E-state index in [9.17, 15) is 4.79 Å². The molecule has 0 atom stereocenters. The molecule has 0 aliphatic heterocycles. The first-order valence-corrected chi connectivity index (χ1v) is 7.46. The van der Waals surface area contributed by atoms with E-state index in [1.165, 1.54) is 18.4 Å². The Hall–Kier alpha value is -0.630. The van der Waals surface area contributed by atoms with Crippen LogP contribution in [0, 0.1) is 5.41 Å². The van der Waals surface area contributed by atoms with Gasteiger partial charge in [0.1, 0.15) is 5.78 Å². The Morgan fingerprint density at radius 2 is 1.94 bits per heavy atom. The van der Waals surface area contributed by atoms with Gasteiger partial charge in [-0.1, -0.05) is 54.8 Å². The van der Waals surface area contributed by atoms with Gasteiger partial charge in [-0.05, 0) is 43.9 Å². The van der Waals surface area contributed by atoms with Crippen molar-refractivity contribution in [3.8, 4) is 0 Å². The van der Waals surface area contributed by atoms with Gasteiger partial charge in [-0.2, -0.15) is 0 Å². The first-order valence-electron chi connectivity index (χ1n) is 6.67. The van der Waals surface area contributed by atoms with E-state index in [2.05, 4.69) is 40.2 Å². The summed E-state index contributed by atoms with van der Waals surface area (Å²) in [5.74, 6) is 0.300. The van der Waals surface area contributed by atoms with Crippen LogP contribution in [0.4, 0.5) is 0 Å². The van der Waals surface area contributed by atoms with Crippen LogP contribution in [0.3, 0.4) is 0 Å². The van der Waals surface area contributed by atoms with Crippen LogP contribution in [0.2, 0.25) is 0 Å². The van der Waals surface area contributed by atoms with Gasteiger partial charge < -0.3 is 0 Å². The van der Waals surface area contributed by atoms with Crippen molar-refractivity contribution in [1.29, 1.82) is 0 Å². The van der Waals surface area contributed by atoms with Gasteiger partial charge in [0.2, 0.25) is 0 Å². The quantitative estimate of drug-likeness (QED) is 0.635. The highest BCUT2D eigenvalue weighted by Gasteiger charge is 2.22. The molecule has 0 saturated heterocycles. The topological polar surface area (TPSA) is 17.1 Å². The Labute approximate surface area is 119 Å². The molecule has 1 aromatic rings. The molecule has 1 rings (SSSR count). The SMILES string of the molecule is CC(=O)C(C)(C)CCCCCc1cccc(Br)c1. The number of rotatable bonds is 7. The number of carbonyl (C=O) groups is 1. The highest BCUT2D eigenvalue weighted by Crippen LogP contribution is 2.25. The lowest BCUT2D eigenvalue weighted by Crippen LogP contribution is -2.20. The Bertz CT molecular complexity index is 396. The molecule has 0 spiro atoms. The van der Waals surface area contributed by atoms with Gasteiger partial charge in [0.15, 0.2) is 0 Å². The molecule has 2 heteroatoms. The second-order valence-electron chi connectivity index (χ2n) is 5.63. The van der Waals surface area contributed by atoms with Gasteiger partial charge in [-0.25, -0.2) is 0 Å². The monoisotopic (exact) mass is 310 g/mol. The van der Waals surface area contributed by atoms with Crippen LogP contribution in [0.5, 0.6) is 0 Å². The molecule has 0 aromatic heterocycles. The van der Waals surface area contributed by atoms with E-state index < -0.39 is 0 Å². The van der Waals surface area contributed by atoms with Crippen molar-refractivity contribution in [2.24, 2.45) is 5.41 Å². The zero-order chi connectivity index (χ0) is 13.6. The molecule has 100 valence electrons. The van der Waals surface area contributed by atoms with Crippen molar-refractivity contribution < 1.29 is 4.79 Å². The number of benzene rings is 1. The molecule has 1 nitrogen and oxygen atoms in total. The number of hydrogen-bond donors (Lipinski definition) is 0. The van der Waals surface area contributed by atoms with Crippen molar-refractivity contribution in [3.05, 3.63) is 34.3 Å². The summed E-state index contributed by atoms with van der Waals surface area (Å²) < 4.78 is 1.15. The second-order valence-corrected chi connectivity index (χ2v) is 6.55. The fraction of sp³-hybridized carbons (Fsp3) is 0.562. The predicted octanol–water partition coefficient (Wildman–Crippen LogP) is 5.17. The summed E-state index contributed by atoms with van der Waals surface area (Å²) in [6.45, 7) is 5.79. The molecule has 0 radical (unpaired) electrons. The first kappa shape index (κ1) is 15.4. The van der Waals surface area contributed by atoms with Crippen molar-refractivity contribution in [2.75, 3.05) is 0 Å². The number of carbonyl (C=O) groups excluding carboxylic acids is 1. The van der Waals surface area contributed by atoms with Gasteiger partial charge in [0, 0.05) is 9.89 Å². The van der Waals surface area contributed by atoms with E-state index in [0.29, 0.717) is 5.78 Å². The number of unbranched alkanes of at least 4 members (excludes halogenated alkanes) is 2. The van der Waals surface area contributed by atoms with Crippen LogP contribution in [-0.4, -0.2) is 5.78 Å². The van der Waals surface area contributed by atoms with Crippen LogP contribution >= 0.6 is 15.9 Å². The molecule has 0 fully saturated rings.